The summed E-state index contributed by atoms with van der Waals surface area (Å²) in [5.74, 6) is 0.0481. The molecular weight excluding hydrogens is 400 g/mol. The standard InChI is InChI=1S/C26H28N4O2/c1-17-11-18(2)13-20(12-17)30-15-23-24(28-16-30)8-7-22(19-5-4-6-21(31)14-19)25(23)26(32)29(3)10-9-27/h4-8,11-14,16,31H,9-10,15,27H2,1-3H3. The van der Waals surface area contributed by atoms with Crippen LogP contribution in [0.1, 0.15) is 27.0 Å². The largest absolute Gasteiger partial charge is 0.508 e. The Morgan fingerprint density at radius 3 is 2.56 bits per heavy atom. The maximum absolute atomic E-state index is 13.6. The number of phenolic OH excluding ortho intramolecular Hbond substituents is 1. The molecule has 164 valence electrons. The van der Waals surface area contributed by atoms with Crippen LogP contribution in [0.25, 0.3) is 11.1 Å². The van der Waals surface area contributed by atoms with E-state index in [9.17, 15) is 9.90 Å². The number of fused-ring (bicyclic) bond motifs is 1. The molecule has 0 unspecified atom stereocenters. The van der Waals surface area contributed by atoms with Gasteiger partial charge in [-0.15, -0.1) is 0 Å². The molecule has 1 aliphatic rings. The van der Waals surface area contributed by atoms with Crippen LogP contribution in [0.15, 0.2) is 59.6 Å². The molecule has 0 aliphatic carbocycles. The lowest BCUT2D eigenvalue weighted by Gasteiger charge is -2.29. The highest BCUT2D eigenvalue weighted by molar-refractivity contribution is 6.04. The zero-order chi connectivity index (χ0) is 22.8. The summed E-state index contributed by atoms with van der Waals surface area (Å²) >= 11 is 0. The van der Waals surface area contributed by atoms with Gasteiger partial charge >= 0.3 is 0 Å². The van der Waals surface area contributed by atoms with Gasteiger partial charge in [0.15, 0.2) is 0 Å². The van der Waals surface area contributed by atoms with Gasteiger partial charge in [0.2, 0.25) is 0 Å². The number of anilines is 1. The van der Waals surface area contributed by atoms with Gasteiger partial charge in [0.1, 0.15) is 5.75 Å². The summed E-state index contributed by atoms with van der Waals surface area (Å²) in [4.78, 5) is 21.9. The maximum Gasteiger partial charge on any atom is 0.254 e. The maximum atomic E-state index is 13.6. The first-order valence-corrected chi connectivity index (χ1v) is 10.7. The number of phenols is 1. The number of aliphatic imine (C=N–C) groups is 1. The first-order chi connectivity index (χ1) is 15.4. The van der Waals surface area contributed by atoms with Gasteiger partial charge < -0.3 is 20.6 Å². The van der Waals surface area contributed by atoms with E-state index in [-0.39, 0.29) is 11.7 Å². The second-order valence-corrected chi connectivity index (χ2v) is 8.27. The number of nitrogens with two attached hydrogens (primary N) is 1. The van der Waals surface area contributed by atoms with Crippen molar-refractivity contribution < 1.29 is 9.90 Å². The summed E-state index contributed by atoms with van der Waals surface area (Å²) in [7, 11) is 1.76. The SMILES string of the molecule is Cc1cc(C)cc(N2C=Nc3ccc(-c4cccc(O)c4)c(C(=O)N(C)CCN)c3C2)c1. The van der Waals surface area contributed by atoms with E-state index < -0.39 is 0 Å². The number of aromatic hydroxyl groups is 1. The summed E-state index contributed by atoms with van der Waals surface area (Å²) in [5, 5.41) is 10.0. The van der Waals surface area contributed by atoms with E-state index in [1.54, 1.807) is 30.1 Å². The summed E-state index contributed by atoms with van der Waals surface area (Å²) in [6.07, 6.45) is 1.82. The molecule has 0 atom stereocenters. The van der Waals surface area contributed by atoms with Gasteiger partial charge in [-0.25, -0.2) is 4.99 Å². The van der Waals surface area contributed by atoms with Crippen LogP contribution in [0, 0.1) is 13.8 Å². The molecule has 3 N–H and O–H groups in total. The van der Waals surface area contributed by atoms with Gasteiger partial charge in [-0.3, -0.25) is 4.79 Å². The lowest BCUT2D eigenvalue weighted by Crippen LogP contribution is -2.34. The fourth-order valence-corrected chi connectivity index (χ4v) is 4.18. The summed E-state index contributed by atoms with van der Waals surface area (Å²) < 4.78 is 0. The van der Waals surface area contributed by atoms with Crippen LogP contribution in [0.4, 0.5) is 11.4 Å². The number of nitrogens with zero attached hydrogens (tertiary/aromatic N) is 3. The summed E-state index contributed by atoms with van der Waals surface area (Å²) in [6, 6.07) is 17.2. The van der Waals surface area contributed by atoms with Crippen LogP contribution in [0.5, 0.6) is 5.75 Å². The van der Waals surface area contributed by atoms with Crippen molar-refractivity contribution in [3.8, 4) is 16.9 Å². The number of carbonyl (C=O) groups is 1. The fraction of sp³-hybridized carbons (Fsp3) is 0.231. The van der Waals surface area contributed by atoms with Gasteiger partial charge in [-0.05, 0) is 66.4 Å². The van der Waals surface area contributed by atoms with Crippen LogP contribution >= 0.6 is 0 Å². The first-order valence-electron chi connectivity index (χ1n) is 10.7. The van der Waals surface area contributed by atoms with E-state index in [1.807, 2.05) is 24.5 Å². The fourth-order valence-electron chi connectivity index (χ4n) is 4.18. The van der Waals surface area contributed by atoms with Crippen LogP contribution in [-0.2, 0) is 6.54 Å². The van der Waals surface area contributed by atoms with Crippen molar-refractivity contribution >= 4 is 23.6 Å². The van der Waals surface area contributed by atoms with E-state index in [2.05, 4.69) is 41.9 Å². The van der Waals surface area contributed by atoms with Crippen LogP contribution < -0.4 is 10.6 Å². The third kappa shape index (κ3) is 4.22. The predicted octanol–water partition coefficient (Wildman–Crippen LogP) is 4.39. The topological polar surface area (TPSA) is 82.2 Å². The third-order valence-electron chi connectivity index (χ3n) is 5.67. The van der Waals surface area contributed by atoms with Gasteiger partial charge in [0.25, 0.3) is 5.91 Å². The average molecular weight is 429 g/mol. The van der Waals surface area contributed by atoms with Gasteiger partial charge in [0.05, 0.1) is 24.1 Å². The Morgan fingerprint density at radius 2 is 1.88 bits per heavy atom. The highest BCUT2D eigenvalue weighted by Crippen LogP contribution is 2.37. The number of amides is 1. The quantitative estimate of drug-likeness (QED) is 0.632. The minimum atomic E-state index is -0.108. The van der Waals surface area contributed by atoms with Crippen molar-refractivity contribution in [1.82, 2.24) is 4.90 Å². The molecule has 6 nitrogen and oxygen atoms in total. The van der Waals surface area contributed by atoms with Crippen molar-refractivity contribution in [3.63, 3.8) is 0 Å². The summed E-state index contributed by atoms with van der Waals surface area (Å²) in [5.41, 5.74) is 12.9. The molecule has 32 heavy (non-hydrogen) atoms. The van der Waals surface area contributed by atoms with Crippen molar-refractivity contribution in [2.24, 2.45) is 10.7 Å². The Hall–Kier alpha value is -3.64. The molecule has 1 heterocycles. The van der Waals surface area contributed by atoms with Crippen molar-refractivity contribution in [3.05, 3.63) is 76.9 Å². The third-order valence-corrected chi connectivity index (χ3v) is 5.67. The lowest BCUT2D eigenvalue weighted by atomic mass is 9.92. The molecule has 0 bridgehead atoms. The minimum absolute atomic E-state index is 0.108. The van der Waals surface area contributed by atoms with Gasteiger partial charge in [-0.2, -0.15) is 0 Å². The average Bonchev–Trinajstić information content (AvgIpc) is 2.77. The first kappa shape index (κ1) is 21.6. The highest BCUT2D eigenvalue weighted by atomic mass is 16.3. The Morgan fingerprint density at radius 1 is 1.12 bits per heavy atom. The van der Waals surface area contributed by atoms with Gasteiger partial charge in [0, 0.05) is 31.4 Å². The van der Waals surface area contributed by atoms with Crippen LogP contribution in [0.2, 0.25) is 0 Å². The van der Waals surface area contributed by atoms with Gasteiger partial charge in [-0.1, -0.05) is 24.3 Å². The Bertz CT molecular complexity index is 1180. The molecule has 3 aromatic rings. The van der Waals surface area contributed by atoms with Crippen molar-refractivity contribution in [2.45, 2.75) is 20.4 Å². The monoisotopic (exact) mass is 428 g/mol. The van der Waals surface area contributed by atoms with Crippen molar-refractivity contribution in [1.29, 1.82) is 0 Å². The number of rotatable bonds is 5. The number of hydrogen-bond donors (Lipinski definition) is 2. The lowest BCUT2D eigenvalue weighted by molar-refractivity contribution is 0.0798. The van der Waals surface area contributed by atoms with E-state index in [0.29, 0.717) is 25.2 Å². The number of benzene rings is 3. The Balaban J connectivity index is 1.86. The molecule has 6 heteroatoms. The highest BCUT2D eigenvalue weighted by Gasteiger charge is 2.26. The molecular formula is C26H28N4O2. The second kappa shape index (κ2) is 8.85. The minimum Gasteiger partial charge on any atom is -0.508 e. The second-order valence-electron chi connectivity index (χ2n) is 8.27. The van der Waals surface area contributed by atoms with E-state index in [1.165, 1.54) is 11.1 Å². The Labute approximate surface area is 188 Å². The molecule has 0 spiro atoms. The molecule has 0 saturated carbocycles. The molecule has 1 aliphatic heterocycles. The molecule has 0 fully saturated rings. The van der Waals surface area contributed by atoms with E-state index in [0.717, 1.165) is 28.1 Å². The molecule has 0 radical (unpaired) electrons. The number of hydrogen-bond acceptors (Lipinski definition) is 5. The molecule has 1 amide bonds. The molecule has 0 saturated heterocycles. The number of aryl methyl sites for hydroxylation is 2. The normalized spacial score (nSPS) is 12.6. The zero-order valence-electron chi connectivity index (χ0n) is 18.7. The zero-order valence-corrected chi connectivity index (χ0v) is 18.7. The molecule has 0 aromatic heterocycles. The Kier molecular flexibility index (Phi) is 5.97. The molecule has 3 aromatic carbocycles. The number of likely N-dealkylation sites (N-methyl/N-ethyl adjacent to an activating group) is 1. The van der Waals surface area contributed by atoms with Crippen LogP contribution in [-0.4, -0.2) is 42.4 Å². The molecule has 4 rings (SSSR count). The van der Waals surface area contributed by atoms with E-state index >= 15 is 0 Å². The summed E-state index contributed by atoms with van der Waals surface area (Å²) in [6.45, 7) is 5.49. The van der Waals surface area contributed by atoms with E-state index in [4.69, 9.17) is 5.73 Å². The van der Waals surface area contributed by atoms with Crippen LogP contribution in [0.3, 0.4) is 0 Å². The smallest absolute Gasteiger partial charge is 0.254 e. The number of carbonyl (C=O) groups excluding carboxylic acids is 1. The predicted molar refractivity (Wildman–Crippen MR) is 130 cm³/mol. The van der Waals surface area contributed by atoms with Crippen molar-refractivity contribution in [2.75, 3.05) is 25.0 Å².